The zero-order valence-corrected chi connectivity index (χ0v) is 11.3. The first-order chi connectivity index (χ1) is 9.10. The van der Waals surface area contributed by atoms with E-state index >= 15 is 0 Å². The predicted octanol–water partition coefficient (Wildman–Crippen LogP) is 2.12. The molecule has 0 aliphatic rings. The molecule has 0 bridgehead atoms. The maximum Gasteiger partial charge on any atom is 0.255 e. The van der Waals surface area contributed by atoms with E-state index in [1.165, 1.54) is 18.2 Å². The van der Waals surface area contributed by atoms with Gasteiger partial charge in [-0.25, -0.2) is 4.39 Å². The highest BCUT2D eigenvalue weighted by molar-refractivity contribution is 5.96. The molecule has 5 heteroatoms. The van der Waals surface area contributed by atoms with Gasteiger partial charge in [0.15, 0.2) is 11.6 Å². The number of halogens is 1. The summed E-state index contributed by atoms with van der Waals surface area (Å²) in [6, 6.07) is 4.23. The zero-order chi connectivity index (χ0) is 14.3. The smallest absolute Gasteiger partial charge is 0.255 e. The van der Waals surface area contributed by atoms with E-state index in [2.05, 4.69) is 5.32 Å². The Bertz CT molecular complexity index is 423. The van der Waals surface area contributed by atoms with Gasteiger partial charge in [0.05, 0.1) is 18.3 Å². The van der Waals surface area contributed by atoms with Crippen molar-refractivity contribution in [3.63, 3.8) is 0 Å². The first-order valence-corrected chi connectivity index (χ1v) is 6.47. The molecule has 1 rings (SSSR count). The number of carbonyl (C=O) groups is 1. The molecule has 1 atom stereocenters. The maximum absolute atomic E-state index is 13.6. The van der Waals surface area contributed by atoms with E-state index in [1.807, 2.05) is 6.92 Å². The monoisotopic (exact) mass is 269 g/mol. The largest absolute Gasteiger partial charge is 0.490 e. The Kier molecular flexibility index (Phi) is 6.29. The summed E-state index contributed by atoms with van der Waals surface area (Å²) in [7, 11) is 0. The van der Waals surface area contributed by atoms with Gasteiger partial charge in [-0.1, -0.05) is 13.0 Å². The van der Waals surface area contributed by atoms with E-state index < -0.39 is 17.8 Å². The van der Waals surface area contributed by atoms with E-state index in [0.717, 1.165) is 0 Å². The Balaban J connectivity index is 2.68. The van der Waals surface area contributed by atoms with Gasteiger partial charge in [0.2, 0.25) is 0 Å². The van der Waals surface area contributed by atoms with Crippen molar-refractivity contribution in [1.82, 2.24) is 5.32 Å². The summed E-state index contributed by atoms with van der Waals surface area (Å²) in [5, 5.41) is 12.0. The highest BCUT2D eigenvalue weighted by Crippen LogP contribution is 2.22. The van der Waals surface area contributed by atoms with Crippen molar-refractivity contribution in [1.29, 1.82) is 0 Å². The average Bonchev–Trinajstić information content (AvgIpc) is 2.40. The molecule has 0 saturated heterocycles. The topological polar surface area (TPSA) is 58.6 Å². The minimum Gasteiger partial charge on any atom is -0.490 e. The molecule has 0 fully saturated rings. The second kappa shape index (κ2) is 7.74. The van der Waals surface area contributed by atoms with Crippen LogP contribution < -0.4 is 10.1 Å². The minimum absolute atomic E-state index is 0.0291. The summed E-state index contributed by atoms with van der Waals surface area (Å²) in [5.74, 6) is -0.979. The van der Waals surface area contributed by atoms with E-state index in [0.29, 0.717) is 19.4 Å². The number of nitrogens with one attached hydrogen (secondary N) is 1. The van der Waals surface area contributed by atoms with Crippen LogP contribution in [0.25, 0.3) is 0 Å². The molecule has 1 aromatic carbocycles. The lowest BCUT2D eigenvalue weighted by molar-refractivity contribution is 0.0937. The number of rotatable bonds is 7. The number of carbonyl (C=O) groups excluding carboxylic acids is 1. The number of aliphatic hydroxyl groups is 1. The molecule has 106 valence electrons. The van der Waals surface area contributed by atoms with Crippen LogP contribution in [0, 0.1) is 5.82 Å². The van der Waals surface area contributed by atoms with Crippen molar-refractivity contribution in [3.8, 4) is 5.75 Å². The van der Waals surface area contributed by atoms with Gasteiger partial charge in [-0.15, -0.1) is 0 Å². The van der Waals surface area contributed by atoms with E-state index in [-0.39, 0.29) is 17.9 Å². The summed E-state index contributed by atoms with van der Waals surface area (Å²) < 4.78 is 18.7. The van der Waals surface area contributed by atoms with Crippen LogP contribution in [0.15, 0.2) is 18.2 Å². The van der Waals surface area contributed by atoms with Crippen LogP contribution in [0.2, 0.25) is 0 Å². The van der Waals surface area contributed by atoms with Crippen molar-refractivity contribution in [2.45, 2.75) is 32.8 Å². The van der Waals surface area contributed by atoms with Gasteiger partial charge in [-0.2, -0.15) is 0 Å². The third-order valence-corrected chi connectivity index (χ3v) is 2.73. The predicted molar refractivity (Wildman–Crippen MR) is 70.8 cm³/mol. The molecular weight excluding hydrogens is 249 g/mol. The number of para-hydroxylation sites is 1. The molecule has 0 aromatic heterocycles. The highest BCUT2D eigenvalue weighted by atomic mass is 19.1. The summed E-state index contributed by atoms with van der Waals surface area (Å²) in [4.78, 5) is 11.9. The third kappa shape index (κ3) is 4.52. The van der Waals surface area contributed by atoms with Crippen molar-refractivity contribution >= 4 is 5.91 Å². The van der Waals surface area contributed by atoms with Crippen molar-refractivity contribution in [2.24, 2.45) is 0 Å². The molecular formula is C14H20FNO3. The molecule has 0 aliphatic carbocycles. The van der Waals surface area contributed by atoms with Gasteiger partial charge in [-0.05, 0) is 31.9 Å². The number of benzene rings is 1. The Labute approximate surface area is 112 Å². The van der Waals surface area contributed by atoms with Gasteiger partial charge in [-0.3, -0.25) is 4.79 Å². The second-order valence-corrected chi connectivity index (χ2v) is 4.16. The van der Waals surface area contributed by atoms with Crippen LogP contribution in [0.3, 0.4) is 0 Å². The van der Waals surface area contributed by atoms with Crippen LogP contribution >= 0.6 is 0 Å². The fraction of sp³-hybridized carbons (Fsp3) is 0.500. The van der Waals surface area contributed by atoms with E-state index in [1.54, 1.807) is 6.92 Å². The fourth-order valence-electron chi connectivity index (χ4n) is 1.63. The number of hydrogen-bond donors (Lipinski definition) is 2. The van der Waals surface area contributed by atoms with E-state index in [9.17, 15) is 14.3 Å². The number of amides is 1. The molecule has 4 nitrogen and oxygen atoms in total. The molecule has 0 spiro atoms. The van der Waals surface area contributed by atoms with Gasteiger partial charge in [0.1, 0.15) is 0 Å². The molecule has 0 radical (unpaired) electrons. The van der Waals surface area contributed by atoms with Crippen molar-refractivity contribution in [3.05, 3.63) is 29.6 Å². The SMILES string of the molecule is CCOc1c(F)cccc1C(=O)NCCC(O)CC. The van der Waals surface area contributed by atoms with Gasteiger partial charge in [0, 0.05) is 6.54 Å². The zero-order valence-electron chi connectivity index (χ0n) is 11.3. The standard InChI is InChI=1S/C14H20FNO3/c1-3-10(17)8-9-16-14(18)11-6-5-7-12(15)13(11)19-4-2/h5-7,10,17H,3-4,8-9H2,1-2H3,(H,16,18). The number of ether oxygens (including phenoxy) is 1. The van der Waals surface area contributed by atoms with Gasteiger partial charge in [0.25, 0.3) is 5.91 Å². The number of aliphatic hydroxyl groups excluding tert-OH is 1. The molecule has 1 unspecified atom stereocenters. The maximum atomic E-state index is 13.6. The first-order valence-electron chi connectivity index (χ1n) is 6.47. The van der Waals surface area contributed by atoms with Crippen LogP contribution in [-0.4, -0.2) is 30.3 Å². The summed E-state index contributed by atoms with van der Waals surface area (Å²) in [6.45, 7) is 4.23. The van der Waals surface area contributed by atoms with Crippen LogP contribution in [0.1, 0.15) is 37.0 Å². The molecule has 0 aliphatic heterocycles. The molecule has 1 aromatic rings. The Morgan fingerprint density at radius 2 is 2.21 bits per heavy atom. The molecule has 2 N–H and O–H groups in total. The lowest BCUT2D eigenvalue weighted by atomic mass is 10.1. The summed E-state index contributed by atoms with van der Waals surface area (Å²) in [6.07, 6.45) is 0.681. The van der Waals surface area contributed by atoms with Crippen molar-refractivity contribution < 1.29 is 19.0 Å². The van der Waals surface area contributed by atoms with E-state index in [4.69, 9.17) is 4.74 Å². The number of hydrogen-bond acceptors (Lipinski definition) is 3. The van der Waals surface area contributed by atoms with Crippen LogP contribution in [0.4, 0.5) is 4.39 Å². The van der Waals surface area contributed by atoms with Gasteiger partial charge >= 0.3 is 0 Å². The minimum atomic E-state index is -0.553. The molecule has 0 saturated carbocycles. The normalized spacial score (nSPS) is 12.0. The summed E-state index contributed by atoms with van der Waals surface area (Å²) >= 11 is 0. The molecule has 1 amide bonds. The lowest BCUT2D eigenvalue weighted by Gasteiger charge is -2.12. The van der Waals surface area contributed by atoms with Crippen LogP contribution in [0.5, 0.6) is 5.75 Å². The Morgan fingerprint density at radius 3 is 2.84 bits per heavy atom. The quantitative estimate of drug-likeness (QED) is 0.797. The lowest BCUT2D eigenvalue weighted by Crippen LogP contribution is -2.27. The average molecular weight is 269 g/mol. The Hall–Kier alpha value is -1.62. The molecule has 0 heterocycles. The van der Waals surface area contributed by atoms with Crippen molar-refractivity contribution in [2.75, 3.05) is 13.2 Å². The first kappa shape index (κ1) is 15.4. The highest BCUT2D eigenvalue weighted by Gasteiger charge is 2.16. The second-order valence-electron chi connectivity index (χ2n) is 4.16. The summed E-state index contributed by atoms with van der Waals surface area (Å²) in [5.41, 5.74) is 0.174. The third-order valence-electron chi connectivity index (χ3n) is 2.73. The van der Waals surface area contributed by atoms with Gasteiger partial charge < -0.3 is 15.2 Å². The fourth-order valence-corrected chi connectivity index (χ4v) is 1.63. The molecule has 19 heavy (non-hydrogen) atoms. The Morgan fingerprint density at radius 1 is 1.47 bits per heavy atom. The van der Waals surface area contributed by atoms with Crippen LogP contribution in [-0.2, 0) is 0 Å².